The first-order valence-corrected chi connectivity index (χ1v) is 7.71. The zero-order valence-electron chi connectivity index (χ0n) is 12.2. The molecule has 3 unspecified atom stereocenters. The highest BCUT2D eigenvalue weighted by atomic mass is 19.1. The van der Waals surface area contributed by atoms with Gasteiger partial charge in [0.2, 0.25) is 0 Å². The van der Waals surface area contributed by atoms with Crippen molar-refractivity contribution in [2.45, 2.75) is 64.5 Å². The van der Waals surface area contributed by atoms with E-state index in [2.05, 4.69) is 19.2 Å². The van der Waals surface area contributed by atoms with Crippen LogP contribution in [0.25, 0.3) is 0 Å². The van der Waals surface area contributed by atoms with Gasteiger partial charge in [0.1, 0.15) is 5.82 Å². The van der Waals surface area contributed by atoms with Gasteiger partial charge in [-0.25, -0.2) is 4.39 Å². The van der Waals surface area contributed by atoms with E-state index in [1.807, 2.05) is 12.1 Å². The number of benzene rings is 1. The Balaban J connectivity index is 1.92. The zero-order valence-corrected chi connectivity index (χ0v) is 12.2. The highest BCUT2D eigenvalue weighted by Gasteiger charge is 2.20. The lowest BCUT2D eigenvalue weighted by Crippen LogP contribution is -2.31. The van der Waals surface area contributed by atoms with Crippen LogP contribution in [0.2, 0.25) is 0 Å². The Bertz CT molecular complexity index is 391. The fraction of sp³-hybridized carbons (Fsp3) is 0.647. The first-order valence-electron chi connectivity index (χ1n) is 7.71. The second-order valence-corrected chi connectivity index (χ2v) is 5.89. The summed E-state index contributed by atoms with van der Waals surface area (Å²) in [5.74, 6) is 0.804. The second kappa shape index (κ2) is 7.04. The van der Waals surface area contributed by atoms with Crippen molar-refractivity contribution in [1.82, 2.24) is 5.32 Å². The third-order valence-corrected chi connectivity index (χ3v) is 4.52. The maximum atomic E-state index is 13.8. The van der Waals surface area contributed by atoms with Crippen molar-refractivity contribution in [3.63, 3.8) is 0 Å². The second-order valence-electron chi connectivity index (χ2n) is 5.89. The highest BCUT2D eigenvalue weighted by molar-refractivity contribution is 5.20. The summed E-state index contributed by atoms with van der Waals surface area (Å²) >= 11 is 0. The maximum absolute atomic E-state index is 13.8. The molecule has 1 aliphatic rings. The first kappa shape index (κ1) is 14.5. The number of halogens is 1. The molecule has 3 atom stereocenters. The van der Waals surface area contributed by atoms with Crippen molar-refractivity contribution in [2.75, 3.05) is 0 Å². The summed E-state index contributed by atoms with van der Waals surface area (Å²) in [4.78, 5) is 0. The van der Waals surface area contributed by atoms with Gasteiger partial charge in [-0.3, -0.25) is 0 Å². The first-order chi connectivity index (χ1) is 9.20. The van der Waals surface area contributed by atoms with Crippen LogP contribution in [0.1, 0.15) is 64.0 Å². The van der Waals surface area contributed by atoms with Crippen LogP contribution < -0.4 is 5.32 Å². The van der Waals surface area contributed by atoms with E-state index in [0.717, 1.165) is 11.5 Å². The Kier molecular flexibility index (Phi) is 5.38. The average molecular weight is 263 g/mol. The molecule has 19 heavy (non-hydrogen) atoms. The molecule has 0 bridgehead atoms. The van der Waals surface area contributed by atoms with Gasteiger partial charge in [-0.2, -0.15) is 0 Å². The average Bonchev–Trinajstić information content (AvgIpc) is 2.64. The Morgan fingerprint density at radius 2 is 2.00 bits per heavy atom. The Morgan fingerprint density at radius 3 is 2.74 bits per heavy atom. The molecule has 2 rings (SSSR count). The highest BCUT2D eigenvalue weighted by Crippen LogP contribution is 2.27. The Labute approximate surface area is 116 Å². The molecular formula is C17H26FN. The van der Waals surface area contributed by atoms with E-state index in [9.17, 15) is 4.39 Å². The third-order valence-electron chi connectivity index (χ3n) is 4.52. The molecule has 106 valence electrons. The van der Waals surface area contributed by atoms with Gasteiger partial charge < -0.3 is 5.32 Å². The molecule has 1 aromatic rings. The molecule has 0 aromatic heterocycles. The predicted molar refractivity (Wildman–Crippen MR) is 78.6 cm³/mol. The van der Waals surface area contributed by atoms with Gasteiger partial charge in [0.25, 0.3) is 0 Å². The lowest BCUT2D eigenvalue weighted by molar-refractivity contribution is 0.394. The minimum absolute atomic E-state index is 0.0949. The molecule has 1 aliphatic carbocycles. The monoisotopic (exact) mass is 263 g/mol. The molecule has 1 nitrogen and oxygen atoms in total. The van der Waals surface area contributed by atoms with E-state index in [1.54, 1.807) is 12.1 Å². The number of hydrogen-bond donors (Lipinski definition) is 1. The summed E-state index contributed by atoms with van der Waals surface area (Å²) in [6.45, 7) is 4.36. The summed E-state index contributed by atoms with van der Waals surface area (Å²) in [7, 11) is 0. The van der Waals surface area contributed by atoms with E-state index < -0.39 is 0 Å². The zero-order chi connectivity index (χ0) is 13.7. The fourth-order valence-corrected chi connectivity index (χ4v) is 3.22. The molecule has 0 radical (unpaired) electrons. The maximum Gasteiger partial charge on any atom is 0.127 e. The number of hydrogen-bond acceptors (Lipinski definition) is 1. The standard InChI is InChI=1S/C17H26FN/c1-3-14-7-6-8-15(12-11-14)19-13(2)16-9-4-5-10-17(16)18/h4-5,9-10,13-15,19H,3,6-8,11-12H2,1-2H3. The summed E-state index contributed by atoms with van der Waals surface area (Å²) in [5, 5.41) is 3.62. The molecule has 1 saturated carbocycles. The minimum Gasteiger partial charge on any atom is -0.307 e. The summed E-state index contributed by atoms with van der Waals surface area (Å²) in [6.07, 6.45) is 7.75. The smallest absolute Gasteiger partial charge is 0.127 e. The number of rotatable bonds is 4. The van der Waals surface area contributed by atoms with Gasteiger partial charge in [0.05, 0.1) is 0 Å². The van der Waals surface area contributed by atoms with Gasteiger partial charge in [0, 0.05) is 17.6 Å². The molecular weight excluding hydrogens is 237 g/mol. The van der Waals surface area contributed by atoms with Crippen LogP contribution in [-0.4, -0.2) is 6.04 Å². The molecule has 0 amide bonds. The van der Waals surface area contributed by atoms with Crippen LogP contribution in [-0.2, 0) is 0 Å². The quantitative estimate of drug-likeness (QED) is 0.767. The van der Waals surface area contributed by atoms with E-state index in [-0.39, 0.29) is 11.9 Å². The lowest BCUT2D eigenvalue weighted by Gasteiger charge is -2.23. The molecule has 2 heteroatoms. The molecule has 1 N–H and O–H groups in total. The number of nitrogens with one attached hydrogen (secondary N) is 1. The topological polar surface area (TPSA) is 12.0 Å². The van der Waals surface area contributed by atoms with Gasteiger partial charge in [0.15, 0.2) is 0 Å². The van der Waals surface area contributed by atoms with Crippen molar-refractivity contribution in [2.24, 2.45) is 5.92 Å². The SMILES string of the molecule is CCC1CCCC(NC(C)c2ccccc2F)CC1. The van der Waals surface area contributed by atoms with Crippen molar-refractivity contribution >= 4 is 0 Å². The van der Waals surface area contributed by atoms with Gasteiger partial charge >= 0.3 is 0 Å². The minimum atomic E-state index is -0.0949. The van der Waals surface area contributed by atoms with Crippen LogP contribution in [0, 0.1) is 11.7 Å². The van der Waals surface area contributed by atoms with Crippen LogP contribution in [0.3, 0.4) is 0 Å². The van der Waals surface area contributed by atoms with Crippen LogP contribution in [0.4, 0.5) is 4.39 Å². The fourth-order valence-electron chi connectivity index (χ4n) is 3.22. The summed E-state index contributed by atoms with van der Waals surface area (Å²) in [6, 6.07) is 7.75. The largest absolute Gasteiger partial charge is 0.307 e. The van der Waals surface area contributed by atoms with Crippen molar-refractivity contribution in [3.05, 3.63) is 35.6 Å². The van der Waals surface area contributed by atoms with Gasteiger partial charge in [-0.1, -0.05) is 44.4 Å². The normalized spacial score (nSPS) is 25.8. The van der Waals surface area contributed by atoms with Crippen LogP contribution in [0.15, 0.2) is 24.3 Å². The molecule has 0 heterocycles. The third kappa shape index (κ3) is 4.04. The summed E-state index contributed by atoms with van der Waals surface area (Å²) in [5.41, 5.74) is 0.791. The van der Waals surface area contributed by atoms with Crippen LogP contribution in [0.5, 0.6) is 0 Å². The lowest BCUT2D eigenvalue weighted by atomic mass is 9.97. The molecule has 0 aliphatic heterocycles. The van der Waals surface area contributed by atoms with E-state index in [0.29, 0.717) is 6.04 Å². The Hall–Kier alpha value is -0.890. The van der Waals surface area contributed by atoms with Crippen molar-refractivity contribution < 1.29 is 4.39 Å². The van der Waals surface area contributed by atoms with Gasteiger partial charge in [-0.15, -0.1) is 0 Å². The Morgan fingerprint density at radius 1 is 1.21 bits per heavy atom. The predicted octanol–water partition coefficient (Wildman–Crippen LogP) is 4.84. The van der Waals surface area contributed by atoms with Gasteiger partial charge in [-0.05, 0) is 38.2 Å². The van der Waals surface area contributed by atoms with E-state index in [1.165, 1.54) is 38.5 Å². The van der Waals surface area contributed by atoms with Crippen LogP contribution >= 0.6 is 0 Å². The molecule has 1 fully saturated rings. The molecule has 0 spiro atoms. The molecule has 1 aromatic carbocycles. The molecule has 0 saturated heterocycles. The summed E-state index contributed by atoms with van der Waals surface area (Å²) < 4.78 is 13.8. The van der Waals surface area contributed by atoms with E-state index in [4.69, 9.17) is 0 Å². The van der Waals surface area contributed by atoms with Crippen molar-refractivity contribution in [1.29, 1.82) is 0 Å². The van der Waals surface area contributed by atoms with Crippen molar-refractivity contribution in [3.8, 4) is 0 Å². The van der Waals surface area contributed by atoms with E-state index >= 15 is 0 Å².